The molecule has 1 aromatic carbocycles. The van der Waals surface area contributed by atoms with E-state index in [9.17, 15) is 14.0 Å². The number of hydrogen-bond donors (Lipinski definition) is 2. The third kappa shape index (κ3) is 4.51. The van der Waals surface area contributed by atoms with Crippen molar-refractivity contribution in [2.45, 2.75) is 51.0 Å². The molecule has 0 spiro atoms. The van der Waals surface area contributed by atoms with Gasteiger partial charge in [-0.15, -0.1) is 0 Å². The second kappa shape index (κ2) is 8.83. The molecule has 2 aliphatic heterocycles. The van der Waals surface area contributed by atoms with Gasteiger partial charge in [0.25, 0.3) is 5.91 Å². The van der Waals surface area contributed by atoms with E-state index in [0.717, 1.165) is 50.4 Å². The van der Waals surface area contributed by atoms with Gasteiger partial charge in [0.1, 0.15) is 22.9 Å². The van der Waals surface area contributed by atoms with Crippen LogP contribution in [-0.4, -0.2) is 42.0 Å². The monoisotopic (exact) mass is 427 g/mol. The third-order valence-corrected chi connectivity index (χ3v) is 6.81. The molecule has 4 rings (SSSR count). The summed E-state index contributed by atoms with van der Waals surface area (Å²) in [5.41, 5.74) is -0.644. The molecule has 2 saturated heterocycles. The lowest BCUT2D eigenvalue weighted by Gasteiger charge is -2.41. The summed E-state index contributed by atoms with van der Waals surface area (Å²) in [6.07, 6.45) is 2.71. The molecule has 0 bridgehead atoms. The number of nitrogens with one attached hydrogen (secondary N) is 2. The molecule has 0 radical (unpaired) electrons. The highest BCUT2D eigenvalue weighted by atomic mass is 19.1. The van der Waals surface area contributed by atoms with Crippen molar-refractivity contribution in [1.82, 2.24) is 15.5 Å². The summed E-state index contributed by atoms with van der Waals surface area (Å²) in [7, 11) is 0. The molecule has 0 unspecified atom stereocenters. The maximum Gasteiger partial charge on any atom is 0.322 e. The maximum atomic E-state index is 14.3. The topological polar surface area (TPSA) is 74.6 Å². The molecule has 3 heterocycles. The molecule has 2 aromatic rings. The number of piperidine rings is 1. The fourth-order valence-electron chi connectivity index (χ4n) is 4.89. The zero-order valence-electron chi connectivity index (χ0n) is 18.1. The number of carbonyl (C=O) groups is 2. The van der Waals surface area contributed by atoms with Crippen molar-refractivity contribution in [3.8, 4) is 0 Å². The van der Waals surface area contributed by atoms with Crippen LogP contribution in [-0.2, 0) is 11.2 Å². The molecule has 2 atom stereocenters. The Hall–Kier alpha value is -2.67. The third-order valence-electron chi connectivity index (χ3n) is 6.81. The van der Waals surface area contributed by atoms with Crippen LogP contribution >= 0.6 is 0 Å². The average molecular weight is 428 g/mol. The Morgan fingerprint density at radius 1 is 1.19 bits per heavy atom. The number of urea groups is 1. The normalized spacial score (nSPS) is 23.6. The van der Waals surface area contributed by atoms with Gasteiger partial charge in [0.2, 0.25) is 0 Å². The summed E-state index contributed by atoms with van der Waals surface area (Å²) in [5, 5.41) is 5.23. The van der Waals surface area contributed by atoms with E-state index < -0.39 is 11.6 Å². The van der Waals surface area contributed by atoms with Crippen molar-refractivity contribution in [3.63, 3.8) is 0 Å². The van der Waals surface area contributed by atoms with E-state index >= 15 is 0 Å². The highest BCUT2D eigenvalue weighted by Gasteiger charge is 2.52. The summed E-state index contributed by atoms with van der Waals surface area (Å²) in [6, 6.07) is 10.00. The second-order valence-electron chi connectivity index (χ2n) is 8.90. The number of aryl methyl sites for hydroxylation is 1. The Kier molecular flexibility index (Phi) is 6.14. The Morgan fingerprint density at radius 2 is 1.94 bits per heavy atom. The van der Waals surface area contributed by atoms with Crippen molar-refractivity contribution < 1.29 is 18.4 Å². The fourth-order valence-corrected chi connectivity index (χ4v) is 4.89. The highest BCUT2D eigenvalue weighted by Crippen LogP contribution is 2.35. The molecular formula is C24H30FN3O3. The van der Waals surface area contributed by atoms with E-state index in [-0.39, 0.29) is 24.1 Å². The lowest BCUT2D eigenvalue weighted by atomic mass is 9.74. The first-order chi connectivity index (χ1) is 14.9. The summed E-state index contributed by atoms with van der Waals surface area (Å²) in [5.74, 6) is 1.55. The molecule has 3 amide bonds. The van der Waals surface area contributed by atoms with Gasteiger partial charge in [-0.1, -0.05) is 25.1 Å². The Morgan fingerprint density at radius 3 is 2.55 bits per heavy atom. The van der Waals surface area contributed by atoms with Crippen molar-refractivity contribution in [2.75, 3.05) is 19.6 Å². The van der Waals surface area contributed by atoms with Gasteiger partial charge >= 0.3 is 6.03 Å². The summed E-state index contributed by atoms with van der Waals surface area (Å²) < 4.78 is 20.1. The minimum atomic E-state index is -1.09. The van der Waals surface area contributed by atoms with Crippen LogP contribution in [0.4, 0.5) is 9.18 Å². The van der Waals surface area contributed by atoms with E-state index in [4.69, 9.17) is 4.42 Å². The summed E-state index contributed by atoms with van der Waals surface area (Å²) in [6.45, 7) is 6.77. The van der Waals surface area contributed by atoms with Gasteiger partial charge in [0.15, 0.2) is 0 Å². The van der Waals surface area contributed by atoms with Crippen LogP contribution in [0.25, 0.3) is 0 Å². The first-order valence-electron chi connectivity index (χ1n) is 11.0. The number of hydrogen-bond acceptors (Lipinski definition) is 4. The van der Waals surface area contributed by atoms with Crippen LogP contribution in [0.1, 0.15) is 49.2 Å². The molecule has 2 aliphatic rings. The molecule has 0 aliphatic carbocycles. The number of furan rings is 1. The molecule has 1 aromatic heterocycles. The SMILES string of the molecule is Cc1ccc([C@H](C)CCN2CCC([C@@]3(Cc4ccccc4F)NC(=O)NC3=O)CC2)o1. The first kappa shape index (κ1) is 21.6. The minimum Gasteiger partial charge on any atom is -0.466 e. The van der Waals surface area contributed by atoms with Gasteiger partial charge in [0.05, 0.1) is 0 Å². The molecule has 31 heavy (non-hydrogen) atoms. The van der Waals surface area contributed by atoms with Crippen LogP contribution in [0.2, 0.25) is 0 Å². The van der Waals surface area contributed by atoms with Crippen LogP contribution in [0.15, 0.2) is 40.8 Å². The van der Waals surface area contributed by atoms with E-state index in [1.54, 1.807) is 18.2 Å². The van der Waals surface area contributed by atoms with Gasteiger partial charge in [-0.2, -0.15) is 0 Å². The molecule has 2 fully saturated rings. The Balaban J connectivity index is 1.39. The molecular weight excluding hydrogens is 397 g/mol. The lowest BCUT2D eigenvalue weighted by molar-refractivity contribution is -0.126. The zero-order valence-corrected chi connectivity index (χ0v) is 18.1. The Labute approximate surface area is 182 Å². The molecule has 166 valence electrons. The smallest absolute Gasteiger partial charge is 0.322 e. The number of imide groups is 1. The molecule has 6 nitrogen and oxygen atoms in total. The number of amides is 3. The number of carbonyl (C=O) groups excluding carboxylic acids is 2. The van der Waals surface area contributed by atoms with E-state index in [2.05, 4.69) is 22.5 Å². The fraction of sp³-hybridized carbons (Fsp3) is 0.500. The maximum absolute atomic E-state index is 14.3. The van der Waals surface area contributed by atoms with Gasteiger partial charge in [0, 0.05) is 12.3 Å². The van der Waals surface area contributed by atoms with Crippen LogP contribution < -0.4 is 10.6 Å². The average Bonchev–Trinajstić information content (AvgIpc) is 3.31. The predicted molar refractivity (Wildman–Crippen MR) is 115 cm³/mol. The number of benzene rings is 1. The van der Waals surface area contributed by atoms with Crippen molar-refractivity contribution >= 4 is 11.9 Å². The van der Waals surface area contributed by atoms with E-state index in [1.807, 2.05) is 19.1 Å². The van der Waals surface area contributed by atoms with Crippen LogP contribution in [0.5, 0.6) is 0 Å². The van der Waals surface area contributed by atoms with Gasteiger partial charge < -0.3 is 14.6 Å². The van der Waals surface area contributed by atoms with Crippen LogP contribution in [0.3, 0.4) is 0 Å². The summed E-state index contributed by atoms with van der Waals surface area (Å²) in [4.78, 5) is 27.2. The van der Waals surface area contributed by atoms with Crippen molar-refractivity contribution in [2.24, 2.45) is 5.92 Å². The van der Waals surface area contributed by atoms with Crippen molar-refractivity contribution in [1.29, 1.82) is 0 Å². The van der Waals surface area contributed by atoms with Gasteiger partial charge in [-0.25, -0.2) is 9.18 Å². The quantitative estimate of drug-likeness (QED) is 0.660. The van der Waals surface area contributed by atoms with Gasteiger partial charge in [-0.05, 0) is 75.5 Å². The minimum absolute atomic E-state index is 0.0417. The van der Waals surface area contributed by atoms with Crippen LogP contribution in [0, 0.1) is 18.7 Å². The molecule has 0 saturated carbocycles. The van der Waals surface area contributed by atoms with Gasteiger partial charge in [-0.3, -0.25) is 10.1 Å². The predicted octanol–water partition coefficient (Wildman–Crippen LogP) is 3.75. The number of nitrogens with zero attached hydrogens (tertiary/aromatic N) is 1. The lowest BCUT2D eigenvalue weighted by Crippen LogP contribution is -2.57. The second-order valence-corrected chi connectivity index (χ2v) is 8.90. The largest absolute Gasteiger partial charge is 0.466 e. The summed E-state index contributed by atoms with van der Waals surface area (Å²) >= 11 is 0. The Bertz CT molecular complexity index is 951. The number of likely N-dealkylation sites (tertiary alicyclic amines) is 1. The zero-order chi connectivity index (χ0) is 22.0. The van der Waals surface area contributed by atoms with Crippen molar-refractivity contribution in [3.05, 3.63) is 59.3 Å². The highest BCUT2D eigenvalue weighted by molar-refractivity contribution is 6.07. The number of rotatable bonds is 7. The molecule has 2 N–H and O–H groups in total. The van der Waals surface area contributed by atoms with E-state index in [1.165, 1.54) is 6.07 Å². The number of halogens is 1. The van der Waals surface area contributed by atoms with E-state index in [0.29, 0.717) is 11.5 Å². The standard InChI is InChI=1S/C24H30FN3O3/c1-16(21-8-7-17(2)31-21)9-12-28-13-10-19(11-14-28)24(22(29)26-23(30)27-24)15-18-5-3-4-6-20(18)25/h3-8,16,19H,9-15H2,1-2H3,(H2,26,27,29,30)/t16-,24-/m1/s1. The molecule has 7 heteroatoms. The first-order valence-corrected chi connectivity index (χ1v) is 11.0.